The molecule has 0 saturated carbocycles. The standard InChI is InChI=1S/C19H18O/c1-13-6-5-8-16(12-13)19(20)18-14(2)10-11-15-7-3-4-9-17(15)18/h3-12,19-20H,1-2H3/t19-/m0/s1. The molecule has 1 N–H and O–H groups in total. The first-order valence-corrected chi connectivity index (χ1v) is 6.89. The van der Waals surface area contributed by atoms with Gasteiger partial charge in [0, 0.05) is 0 Å². The number of aliphatic hydroxyl groups excluding tert-OH is 1. The molecule has 3 aromatic carbocycles. The topological polar surface area (TPSA) is 20.2 Å². The molecule has 3 rings (SSSR count). The van der Waals surface area contributed by atoms with Gasteiger partial charge in [-0.3, -0.25) is 0 Å². The fraction of sp³-hybridized carbons (Fsp3) is 0.158. The highest BCUT2D eigenvalue weighted by molar-refractivity contribution is 5.87. The maximum Gasteiger partial charge on any atom is 0.105 e. The van der Waals surface area contributed by atoms with E-state index in [1.165, 1.54) is 10.9 Å². The molecule has 0 aliphatic carbocycles. The lowest BCUT2D eigenvalue weighted by Crippen LogP contribution is -2.03. The van der Waals surface area contributed by atoms with Crippen molar-refractivity contribution in [2.45, 2.75) is 20.0 Å². The highest BCUT2D eigenvalue weighted by atomic mass is 16.3. The minimum atomic E-state index is -0.582. The first-order valence-electron chi connectivity index (χ1n) is 6.89. The summed E-state index contributed by atoms with van der Waals surface area (Å²) in [6.07, 6.45) is -0.582. The van der Waals surface area contributed by atoms with Gasteiger partial charge in [-0.2, -0.15) is 0 Å². The molecule has 0 spiro atoms. The van der Waals surface area contributed by atoms with Gasteiger partial charge in [-0.15, -0.1) is 0 Å². The van der Waals surface area contributed by atoms with E-state index >= 15 is 0 Å². The summed E-state index contributed by atoms with van der Waals surface area (Å²) in [5.74, 6) is 0. The second-order valence-corrected chi connectivity index (χ2v) is 5.33. The van der Waals surface area contributed by atoms with Crippen molar-refractivity contribution in [2.24, 2.45) is 0 Å². The highest BCUT2D eigenvalue weighted by Crippen LogP contribution is 2.31. The Hall–Kier alpha value is -2.12. The van der Waals surface area contributed by atoms with Crippen molar-refractivity contribution in [3.05, 3.63) is 82.9 Å². The molecule has 100 valence electrons. The Bertz CT molecular complexity index is 759. The van der Waals surface area contributed by atoms with Gasteiger partial charge in [0.2, 0.25) is 0 Å². The van der Waals surface area contributed by atoms with Crippen LogP contribution in [0.5, 0.6) is 0 Å². The van der Waals surface area contributed by atoms with E-state index in [9.17, 15) is 5.11 Å². The zero-order valence-corrected chi connectivity index (χ0v) is 11.8. The third kappa shape index (κ3) is 2.21. The van der Waals surface area contributed by atoms with Crippen LogP contribution in [0.2, 0.25) is 0 Å². The Morgan fingerprint density at radius 2 is 1.65 bits per heavy atom. The van der Waals surface area contributed by atoms with Crippen LogP contribution in [0.4, 0.5) is 0 Å². The minimum absolute atomic E-state index is 0.582. The van der Waals surface area contributed by atoms with E-state index in [2.05, 4.69) is 31.2 Å². The molecule has 0 radical (unpaired) electrons. The first-order chi connectivity index (χ1) is 9.66. The molecule has 1 nitrogen and oxygen atoms in total. The molecule has 3 aromatic rings. The molecule has 0 aliphatic heterocycles. The summed E-state index contributed by atoms with van der Waals surface area (Å²) in [7, 11) is 0. The molecular formula is C19H18O. The van der Waals surface area contributed by atoms with Crippen molar-refractivity contribution in [2.75, 3.05) is 0 Å². The van der Waals surface area contributed by atoms with Crippen LogP contribution in [-0.2, 0) is 0 Å². The molecular weight excluding hydrogens is 244 g/mol. The Balaban J connectivity index is 2.21. The first kappa shape index (κ1) is 12.9. The van der Waals surface area contributed by atoms with E-state index < -0.39 is 6.10 Å². The highest BCUT2D eigenvalue weighted by Gasteiger charge is 2.16. The Morgan fingerprint density at radius 3 is 2.45 bits per heavy atom. The normalized spacial score (nSPS) is 12.6. The van der Waals surface area contributed by atoms with Gasteiger partial charge in [-0.05, 0) is 41.3 Å². The van der Waals surface area contributed by atoms with Crippen molar-refractivity contribution >= 4 is 10.8 Å². The molecule has 0 amide bonds. The third-order valence-electron chi connectivity index (χ3n) is 3.82. The molecule has 0 bridgehead atoms. The lowest BCUT2D eigenvalue weighted by atomic mass is 9.91. The fourth-order valence-electron chi connectivity index (χ4n) is 2.77. The summed E-state index contributed by atoms with van der Waals surface area (Å²) in [5.41, 5.74) is 4.25. The molecule has 0 saturated heterocycles. The van der Waals surface area contributed by atoms with E-state index in [-0.39, 0.29) is 0 Å². The average Bonchev–Trinajstić information content (AvgIpc) is 2.46. The van der Waals surface area contributed by atoms with E-state index in [0.29, 0.717) is 0 Å². The molecule has 0 heterocycles. The zero-order chi connectivity index (χ0) is 14.1. The van der Waals surface area contributed by atoms with Crippen molar-refractivity contribution in [3.63, 3.8) is 0 Å². The third-order valence-corrected chi connectivity index (χ3v) is 3.82. The number of aryl methyl sites for hydroxylation is 2. The fourth-order valence-corrected chi connectivity index (χ4v) is 2.77. The number of fused-ring (bicyclic) bond motifs is 1. The van der Waals surface area contributed by atoms with Crippen molar-refractivity contribution in [1.29, 1.82) is 0 Å². The van der Waals surface area contributed by atoms with Gasteiger partial charge in [0.25, 0.3) is 0 Å². The quantitative estimate of drug-likeness (QED) is 0.719. The molecule has 0 unspecified atom stereocenters. The van der Waals surface area contributed by atoms with Crippen LogP contribution in [0.15, 0.2) is 60.7 Å². The van der Waals surface area contributed by atoms with Crippen LogP contribution in [0.3, 0.4) is 0 Å². The van der Waals surface area contributed by atoms with Gasteiger partial charge in [0.05, 0.1) is 0 Å². The minimum Gasteiger partial charge on any atom is -0.384 e. The lowest BCUT2D eigenvalue weighted by Gasteiger charge is -2.17. The van der Waals surface area contributed by atoms with Gasteiger partial charge < -0.3 is 5.11 Å². The molecule has 0 aromatic heterocycles. The predicted octanol–water partition coefficient (Wildman–Crippen LogP) is 4.54. The molecule has 0 aliphatic rings. The van der Waals surface area contributed by atoms with Gasteiger partial charge in [0.15, 0.2) is 0 Å². The number of hydrogen-bond acceptors (Lipinski definition) is 1. The molecule has 1 heteroatoms. The van der Waals surface area contributed by atoms with E-state index in [1.807, 2.05) is 43.3 Å². The number of aliphatic hydroxyl groups is 1. The molecule has 0 fully saturated rings. The van der Waals surface area contributed by atoms with Crippen molar-refractivity contribution in [3.8, 4) is 0 Å². The van der Waals surface area contributed by atoms with Crippen LogP contribution in [0.25, 0.3) is 10.8 Å². The Kier molecular flexibility index (Phi) is 3.29. The summed E-state index contributed by atoms with van der Waals surface area (Å²) in [5, 5.41) is 13.1. The number of rotatable bonds is 2. The maximum absolute atomic E-state index is 10.8. The summed E-state index contributed by atoms with van der Waals surface area (Å²) < 4.78 is 0. The van der Waals surface area contributed by atoms with Gasteiger partial charge in [-0.1, -0.05) is 66.2 Å². The second-order valence-electron chi connectivity index (χ2n) is 5.33. The summed E-state index contributed by atoms with van der Waals surface area (Å²) in [6.45, 7) is 4.10. The summed E-state index contributed by atoms with van der Waals surface area (Å²) in [6, 6.07) is 20.5. The van der Waals surface area contributed by atoms with Gasteiger partial charge in [-0.25, -0.2) is 0 Å². The molecule has 20 heavy (non-hydrogen) atoms. The molecule has 1 atom stereocenters. The van der Waals surface area contributed by atoms with Gasteiger partial charge in [0.1, 0.15) is 6.10 Å². The summed E-state index contributed by atoms with van der Waals surface area (Å²) in [4.78, 5) is 0. The Labute approximate surface area is 119 Å². The second kappa shape index (κ2) is 5.10. The predicted molar refractivity (Wildman–Crippen MR) is 83.9 cm³/mol. The van der Waals surface area contributed by atoms with E-state index in [1.54, 1.807) is 0 Å². The van der Waals surface area contributed by atoms with Crippen LogP contribution >= 0.6 is 0 Å². The zero-order valence-electron chi connectivity index (χ0n) is 11.8. The largest absolute Gasteiger partial charge is 0.384 e. The van der Waals surface area contributed by atoms with Crippen LogP contribution in [0.1, 0.15) is 28.4 Å². The van der Waals surface area contributed by atoms with Crippen LogP contribution in [-0.4, -0.2) is 5.11 Å². The SMILES string of the molecule is Cc1cccc([C@H](O)c2c(C)ccc3ccccc23)c1. The smallest absolute Gasteiger partial charge is 0.105 e. The van der Waals surface area contributed by atoms with Crippen LogP contribution in [0, 0.1) is 13.8 Å². The lowest BCUT2D eigenvalue weighted by molar-refractivity contribution is 0.221. The summed E-state index contributed by atoms with van der Waals surface area (Å²) >= 11 is 0. The van der Waals surface area contributed by atoms with Crippen LogP contribution < -0.4 is 0 Å². The number of benzene rings is 3. The van der Waals surface area contributed by atoms with Crippen molar-refractivity contribution < 1.29 is 5.11 Å². The number of hydrogen-bond donors (Lipinski definition) is 1. The van der Waals surface area contributed by atoms with Gasteiger partial charge >= 0.3 is 0 Å². The van der Waals surface area contributed by atoms with E-state index in [0.717, 1.165) is 22.1 Å². The average molecular weight is 262 g/mol. The Morgan fingerprint density at radius 1 is 0.850 bits per heavy atom. The maximum atomic E-state index is 10.8. The van der Waals surface area contributed by atoms with E-state index in [4.69, 9.17) is 0 Å². The van der Waals surface area contributed by atoms with Crippen molar-refractivity contribution in [1.82, 2.24) is 0 Å². The monoisotopic (exact) mass is 262 g/mol.